The Morgan fingerprint density at radius 2 is 2.14 bits per heavy atom. The van der Waals surface area contributed by atoms with E-state index in [1.165, 1.54) is 8.05 Å². The second kappa shape index (κ2) is 5.90. The zero-order chi connectivity index (χ0) is 15.7. The van der Waals surface area contributed by atoms with Gasteiger partial charge in [0.05, 0.1) is 22.4 Å². The molecular weight excluding hydrogens is 302 g/mol. The highest BCUT2D eigenvalue weighted by molar-refractivity contribution is 6.36. The molecule has 3 rings (SSSR count). The van der Waals surface area contributed by atoms with Crippen LogP contribution >= 0.6 is 11.6 Å². The van der Waals surface area contributed by atoms with E-state index >= 15 is 0 Å². The van der Waals surface area contributed by atoms with Crippen LogP contribution in [-0.4, -0.2) is 43.7 Å². The number of fused-ring (bicyclic) bond motifs is 1. The first-order chi connectivity index (χ1) is 10.6. The first-order valence-electron chi connectivity index (χ1n) is 6.49. The molecule has 0 fully saturated rings. The normalized spacial score (nSPS) is 10.8. The van der Waals surface area contributed by atoms with Crippen LogP contribution in [0.15, 0.2) is 18.3 Å². The summed E-state index contributed by atoms with van der Waals surface area (Å²) in [5, 5.41) is 8.28. The van der Waals surface area contributed by atoms with Gasteiger partial charge < -0.3 is 15.0 Å². The van der Waals surface area contributed by atoms with Crippen molar-refractivity contribution in [3.63, 3.8) is 0 Å². The van der Waals surface area contributed by atoms with Gasteiger partial charge in [0, 0.05) is 16.5 Å². The van der Waals surface area contributed by atoms with Crippen molar-refractivity contribution in [1.82, 2.24) is 20.2 Å². The maximum Gasteiger partial charge on any atom is 0.492 e. The predicted octanol–water partition coefficient (Wildman–Crippen LogP) is -1.28. The van der Waals surface area contributed by atoms with E-state index in [0.717, 1.165) is 16.5 Å². The number of nitrogens with zero attached hydrogens (tertiary/aromatic N) is 3. The highest BCUT2D eigenvalue weighted by atomic mass is 35.5. The van der Waals surface area contributed by atoms with Crippen LogP contribution in [0, 0.1) is 0 Å². The van der Waals surface area contributed by atoms with E-state index < -0.39 is 0 Å². The number of nitrogen functional groups attached to an aromatic ring is 1. The second-order valence-corrected chi connectivity index (χ2v) is 5.10. The molecule has 0 saturated carbocycles. The summed E-state index contributed by atoms with van der Waals surface area (Å²) in [6, 6.07) is 3.73. The highest BCUT2D eigenvalue weighted by Crippen LogP contribution is 2.29. The average molecular weight is 313 g/mol. The van der Waals surface area contributed by atoms with Crippen LogP contribution in [0.3, 0.4) is 0 Å². The van der Waals surface area contributed by atoms with Gasteiger partial charge in [-0.05, 0) is 12.1 Å². The molecule has 1 aromatic carbocycles. The number of hydrogen-bond donors (Lipinski definition) is 2. The minimum absolute atomic E-state index is 0.0445. The Labute approximate surface area is 133 Å². The van der Waals surface area contributed by atoms with Gasteiger partial charge in [0.25, 0.3) is 0 Å². The van der Waals surface area contributed by atoms with E-state index in [-0.39, 0.29) is 19.4 Å². The molecule has 0 saturated heterocycles. The SMILES string of the molecule is BOBOc1nc(-c2cc(Cl)c3[nH]ncc3c2)c(B)nc1N. The van der Waals surface area contributed by atoms with Crippen molar-refractivity contribution in [2.45, 2.75) is 0 Å². The molecule has 0 amide bonds. The molecule has 0 radical (unpaired) electrons. The Balaban J connectivity index is 2.12. The van der Waals surface area contributed by atoms with Gasteiger partial charge >= 0.3 is 7.69 Å². The van der Waals surface area contributed by atoms with Crippen LogP contribution < -0.4 is 16.0 Å². The van der Waals surface area contributed by atoms with Crippen LogP contribution in [0.5, 0.6) is 5.88 Å². The summed E-state index contributed by atoms with van der Waals surface area (Å²) in [6.07, 6.45) is 1.70. The van der Waals surface area contributed by atoms with Gasteiger partial charge in [-0.3, -0.25) is 5.10 Å². The van der Waals surface area contributed by atoms with Gasteiger partial charge in [-0.15, -0.1) is 0 Å². The third-order valence-electron chi connectivity index (χ3n) is 3.15. The number of hydrogen-bond acceptors (Lipinski definition) is 6. The van der Waals surface area contributed by atoms with E-state index in [9.17, 15) is 0 Å². The van der Waals surface area contributed by atoms with Crippen molar-refractivity contribution in [2.75, 3.05) is 5.73 Å². The molecule has 108 valence electrons. The third-order valence-corrected chi connectivity index (χ3v) is 3.45. The molecular formula is C11H11B3ClN5O2. The zero-order valence-electron chi connectivity index (χ0n) is 12.1. The van der Waals surface area contributed by atoms with Gasteiger partial charge in [0.1, 0.15) is 0 Å². The molecule has 0 unspecified atom stereocenters. The summed E-state index contributed by atoms with van der Waals surface area (Å²) < 4.78 is 10.2. The zero-order valence-corrected chi connectivity index (χ0v) is 12.8. The second-order valence-electron chi connectivity index (χ2n) is 4.69. The van der Waals surface area contributed by atoms with Crippen molar-refractivity contribution in [3.05, 3.63) is 23.4 Å². The Morgan fingerprint density at radius 3 is 2.91 bits per heavy atom. The van der Waals surface area contributed by atoms with E-state index in [1.807, 2.05) is 13.9 Å². The molecule has 0 bridgehead atoms. The highest BCUT2D eigenvalue weighted by Gasteiger charge is 2.14. The number of rotatable bonds is 4. The molecule has 0 aliphatic heterocycles. The van der Waals surface area contributed by atoms with Crippen molar-refractivity contribution < 1.29 is 9.23 Å². The van der Waals surface area contributed by atoms with Gasteiger partial charge in [-0.25, -0.2) is 9.97 Å². The molecule has 2 heterocycles. The molecule has 2 aromatic heterocycles. The number of aromatic nitrogens is 4. The van der Waals surface area contributed by atoms with Crippen molar-refractivity contribution in [1.29, 1.82) is 0 Å². The van der Waals surface area contributed by atoms with E-state index in [0.29, 0.717) is 16.3 Å². The lowest BCUT2D eigenvalue weighted by Crippen LogP contribution is -2.19. The number of aromatic amines is 1. The summed E-state index contributed by atoms with van der Waals surface area (Å²) in [5.74, 6) is 0.444. The van der Waals surface area contributed by atoms with Gasteiger partial charge in [-0.1, -0.05) is 11.6 Å². The van der Waals surface area contributed by atoms with Crippen molar-refractivity contribution in [3.8, 4) is 17.1 Å². The summed E-state index contributed by atoms with van der Waals surface area (Å²) in [5.41, 5.74) is 8.73. The van der Waals surface area contributed by atoms with E-state index in [4.69, 9.17) is 26.6 Å². The summed E-state index contributed by atoms with van der Waals surface area (Å²) in [4.78, 5) is 8.70. The fraction of sp³-hybridized carbons (Fsp3) is 0. The molecule has 0 aliphatic carbocycles. The third kappa shape index (κ3) is 2.62. The molecule has 0 spiro atoms. The summed E-state index contributed by atoms with van der Waals surface area (Å²) >= 11 is 6.27. The van der Waals surface area contributed by atoms with Crippen LogP contribution in [0.25, 0.3) is 22.2 Å². The van der Waals surface area contributed by atoms with Crippen LogP contribution in [-0.2, 0) is 4.57 Å². The number of H-pyrrole nitrogens is 1. The molecule has 0 atom stereocenters. The van der Waals surface area contributed by atoms with E-state index in [2.05, 4.69) is 20.2 Å². The van der Waals surface area contributed by atoms with Crippen LogP contribution in [0.4, 0.5) is 5.82 Å². The van der Waals surface area contributed by atoms with Crippen LogP contribution in [0.2, 0.25) is 5.02 Å². The van der Waals surface area contributed by atoms with Gasteiger partial charge in [0.2, 0.25) is 13.9 Å². The van der Waals surface area contributed by atoms with Crippen molar-refractivity contribution in [2.24, 2.45) is 0 Å². The number of benzene rings is 1. The van der Waals surface area contributed by atoms with Crippen molar-refractivity contribution >= 4 is 57.5 Å². The number of nitrogens with two attached hydrogens (primary N) is 1. The predicted molar refractivity (Wildman–Crippen MR) is 92.1 cm³/mol. The first kappa shape index (κ1) is 14.7. The van der Waals surface area contributed by atoms with Gasteiger partial charge in [-0.2, -0.15) is 5.10 Å². The topological polar surface area (TPSA) is 98.9 Å². The molecule has 3 N–H and O–H groups in total. The lowest BCUT2D eigenvalue weighted by Gasteiger charge is -2.11. The standard InChI is InChI=1S/C11H11B3ClN5O2/c12-9-8(18-11(10(16)19-9)21-14-22-13)4-1-5-3-17-20-7(5)6(15)2-4/h1-3,14H,12-13H2,(H2,16,19)(H,17,20). The molecule has 3 aromatic rings. The summed E-state index contributed by atoms with van der Waals surface area (Å²) in [6.45, 7) is 0. The lowest BCUT2D eigenvalue weighted by molar-refractivity contribution is 0.470. The fourth-order valence-corrected chi connectivity index (χ4v) is 2.44. The first-order valence-corrected chi connectivity index (χ1v) is 6.86. The van der Waals surface area contributed by atoms with Crippen LogP contribution in [0.1, 0.15) is 0 Å². The Bertz CT molecular complexity index is 844. The molecule has 22 heavy (non-hydrogen) atoms. The monoisotopic (exact) mass is 313 g/mol. The number of halogens is 1. The molecule has 11 heteroatoms. The molecule has 7 nitrogen and oxygen atoms in total. The quantitative estimate of drug-likeness (QED) is 0.582. The maximum atomic E-state index is 6.27. The van der Waals surface area contributed by atoms with Gasteiger partial charge in [0.15, 0.2) is 13.7 Å². The number of nitrogens with one attached hydrogen (secondary N) is 1. The Hall–Kier alpha value is -2.19. The Kier molecular flexibility index (Phi) is 3.95. The minimum atomic E-state index is 0.0445. The number of anilines is 1. The maximum absolute atomic E-state index is 6.27. The average Bonchev–Trinajstić information content (AvgIpc) is 2.95. The smallest absolute Gasteiger partial charge is 0.492 e. The van der Waals surface area contributed by atoms with E-state index in [1.54, 1.807) is 12.3 Å². The fourth-order valence-electron chi connectivity index (χ4n) is 2.17. The Morgan fingerprint density at radius 1 is 1.32 bits per heavy atom. The lowest BCUT2D eigenvalue weighted by atomic mass is 9.96. The summed E-state index contributed by atoms with van der Waals surface area (Å²) in [7, 11) is 3.39. The minimum Gasteiger partial charge on any atom is -0.523 e. The largest absolute Gasteiger partial charge is 0.523 e. The molecule has 0 aliphatic rings.